The van der Waals surface area contributed by atoms with E-state index in [1.54, 1.807) is 13.8 Å². The fourth-order valence-corrected chi connectivity index (χ4v) is 5.19. The highest BCUT2D eigenvalue weighted by Crippen LogP contribution is 2.28. The quantitative estimate of drug-likeness (QED) is 0.507. The van der Waals surface area contributed by atoms with Gasteiger partial charge in [-0.05, 0) is 77.1 Å². The molecule has 1 heterocycles. The lowest BCUT2D eigenvalue weighted by molar-refractivity contribution is -0.118. The number of benzene rings is 1. The summed E-state index contributed by atoms with van der Waals surface area (Å²) in [4.78, 5) is 14.9. The molecule has 0 saturated carbocycles. The summed E-state index contributed by atoms with van der Waals surface area (Å²) in [5.74, 6) is 0.447. The summed E-state index contributed by atoms with van der Waals surface area (Å²) < 4.78 is 29.5. The number of rotatable bonds is 10. The van der Waals surface area contributed by atoms with E-state index in [0.29, 0.717) is 19.3 Å². The minimum absolute atomic E-state index is 0.213. The third kappa shape index (κ3) is 6.81. The summed E-state index contributed by atoms with van der Waals surface area (Å²) in [6, 6.07) is 4.24. The number of Topliss-reactive ketones (excluding diaryl/α,β-unsaturated/α-hetero) is 1. The number of morpholine rings is 1. The van der Waals surface area contributed by atoms with Crippen LogP contribution in [0, 0.1) is 13.8 Å². The molecule has 1 aliphatic rings. The van der Waals surface area contributed by atoms with E-state index in [2.05, 4.69) is 44.7 Å². The molecule has 0 aliphatic carbocycles. The van der Waals surface area contributed by atoms with Gasteiger partial charge in [0, 0.05) is 31.6 Å². The van der Waals surface area contributed by atoms with Crippen molar-refractivity contribution in [3.8, 4) is 0 Å². The molecule has 30 heavy (non-hydrogen) atoms. The van der Waals surface area contributed by atoms with Crippen molar-refractivity contribution in [2.45, 2.75) is 91.1 Å². The number of ketones is 1. The lowest BCUT2D eigenvalue weighted by atomic mass is 9.95. The zero-order valence-corrected chi connectivity index (χ0v) is 20.3. The molecule has 1 aromatic rings. The van der Waals surface area contributed by atoms with Gasteiger partial charge in [-0.2, -0.15) is 0 Å². The molecule has 2 rings (SSSR count). The zero-order chi connectivity index (χ0) is 22.5. The van der Waals surface area contributed by atoms with E-state index in [9.17, 15) is 13.2 Å². The number of hydrogen-bond donors (Lipinski definition) is 0. The van der Waals surface area contributed by atoms with Crippen LogP contribution in [0.4, 0.5) is 5.69 Å². The molecule has 1 aliphatic heterocycles. The Bertz CT molecular complexity index is 822. The van der Waals surface area contributed by atoms with Crippen molar-refractivity contribution in [2.24, 2.45) is 0 Å². The molecule has 0 N–H and O–H groups in total. The van der Waals surface area contributed by atoms with Crippen molar-refractivity contribution in [1.82, 2.24) is 0 Å². The van der Waals surface area contributed by atoms with Crippen molar-refractivity contribution >= 4 is 21.3 Å². The lowest BCUT2D eigenvalue weighted by Gasteiger charge is -2.38. The molecule has 0 amide bonds. The van der Waals surface area contributed by atoms with Gasteiger partial charge in [-0.3, -0.25) is 4.79 Å². The number of carbonyl (C=O) groups is 1. The smallest absolute Gasteiger partial charge is 0.152 e. The minimum atomic E-state index is -2.98. The van der Waals surface area contributed by atoms with Gasteiger partial charge < -0.3 is 9.64 Å². The second-order valence-corrected chi connectivity index (χ2v) is 11.8. The average molecular weight is 438 g/mol. The summed E-state index contributed by atoms with van der Waals surface area (Å²) in [6.45, 7) is 13.7. The van der Waals surface area contributed by atoms with E-state index in [4.69, 9.17) is 4.74 Å². The number of hydrogen-bond acceptors (Lipinski definition) is 5. The Morgan fingerprint density at radius 1 is 1.07 bits per heavy atom. The van der Waals surface area contributed by atoms with Crippen LogP contribution in [-0.4, -0.2) is 50.5 Å². The highest BCUT2D eigenvalue weighted by molar-refractivity contribution is 7.91. The number of ether oxygens (including phenoxy) is 1. The van der Waals surface area contributed by atoms with E-state index < -0.39 is 9.84 Å². The molecule has 0 aromatic heterocycles. The first-order valence-electron chi connectivity index (χ1n) is 11.2. The normalized spacial score (nSPS) is 20.0. The Hall–Kier alpha value is -1.40. The fourth-order valence-electron chi connectivity index (χ4n) is 4.11. The topological polar surface area (TPSA) is 63.7 Å². The Labute approximate surface area is 183 Å². The van der Waals surface area contributed by atoms with Crippen LogP contribution < -0.4 is 4.90 Å². The summed E-state index contributed by atoms with van der Waals surface area (Å²) in [7, 11) is -2.98. The van der Waals surface area contributed by atoms with E-state index >= 15 is 0 Å². The maximum absolute atomic E-state index is 12.5. The van der Waals surface area contributed by atoms with Crippen LogP contribution in [-0.2, 0) is 25.8 Å². The third-order valence-corrected chi connectivity index (χ3v) is 8.42. The standard InChI is InChI=1S/C24H39NO4S/c1-17(2)30(27,28)13-9-7-8-10-23(26)14-22-11-12-24(21(6)20(22)5)25-15-18(3)29-19(4)16-25/h11-12,17-19H,7-10,13-16H2,1-6H3/t18-,19+. The van der Waals surface area contributed by atoms with Gasteiger partial charge in [-0.1, -0.05) is 12.5 Å². The number of sulfone groups is 1. The monoisotopic (exact) mass is 437 g/mol. The number of nitrogens with zero attached hydrogens (tertiary/aromatic N) is 1. The fraction of sp³-hybridized carbons (Fsp3) is 0.708. The van der Waals surface area contributed by atoms with E-state index in [1.807, 2.05) is 0 Å². The third-order valence-electron chi connectivity index (χ3n) is 6.12. The van der Waals surface area contributed by atoms with Gasteiger partial charge >= 0.3 is 0 Å². The maximum Gasteiger partial charge on any atom is 0.152 e. The van der Waals surface area contributed by atoms with Crippen LogP contribution in [0.25, 0.3) is 0 Å². The number of carbonyl (C=O) groups excluding carboxylic acids is 1. The predicted octanol–water partition coefficient (Wildman–Crippen LogP) is 4.41. The first kappa shape index (κ1) is 24.9. The van der Waals surface area contributed by atoms with Gasteiger partial charge in [0.05, 0.1) is 23.2 Å². The first-order valence-corrected chi connectivity index (χ1v) is 13.0. The Morgan fingerprint density at radius 3 is 2.30 bits per heavy atom. The van der Waals surface area contributed by atoms with Gasteiger partial charge in [-0.15, -0.1) is 0 Å². The van der Waals surface area contributed by atoms with E-state index in [1.165, 1.54) is 16.8 Å². The molecule has 0 radical (unpaired) electrons. The molecule has 0 spiro atoms. The molecule has 1 saturated heterocycles. The van der Waals surface area contributed by atoms with E-state index in [0.717, 1.165) is 31.5 Å². The van der Waals surface area contributed by atoms with Crippen LogP contribution in [0.15, 0.2) is 12.1 Å². The Kier molecular flexibility index (Phi) is 8.92. The molecular formula is C24H39NO4S. The molecule has 170 valence electrons. The number of unbranched alkanes of at least 4 members (excludes halogenated alkanes) is 2. The Balaban J connectivity index is 1.88. The Morgan fingerprint density at radius 2 is 1.70 bits per heavy atom. The average Bonchev–Trinajstić information content (AvgIpc) is 2.64. The second kappa shape index (κ2) is 10.8. The molecule has 0 unspecified atom stereocenters. The molecule has 2 atom stereocenters. The predicted molar refractivity (Wildman–Crippen MR) is 124 cm³/mol. The number of anilines is 1. The van der Waals surface area contributed by atoms with Gasteiger partial charge in [-0.25, -0.2) is 8.42 Å². The summed E-state index contributed by atoms with van der Waals surface area (Å²) in [5, 5.41) is -0.322. The van der Waals surface area contributed by atoms with Crippen LogP contribution in [0.2, 0.25) is 0 Å². The highest BCUT2D eigenvalue weighted by Gasteiger charge is 2.24. The van der Waals surface area contributed by atoms with E-state index in [-0.39, 0.29) is 29.0 Å². The lowest BCUT2D eigenvalue weighted by Crippen LogP contribution is -2.45. The zero-order valence-electron chi connectivity index (χ0n) is 19.5. The second-order valence-electron chi connectivity index (χ2n) is 9.10. The molecule has 5 nitrogen and oxygen atoms in total. The summed E-state index contributed by atoms with van der Waals surface area (Å²) in [6.07, 6.45) is 3.56. The van der Waals surface area contributed by atoms with Crippen molar-refractivity contribution in [3.05, 3.63) is 28.8 Å². The molecule has 6 heteroatoms. The van der Waals surface area contributed by atoms with Gasteiger partial charge in [0.15, 0.2) is 9.84 Å². The molecule has 1 aromatic carbocycles. The molecular weight excluding hydrogens is 398 g/mol. The minimum Gasteiger partial charge on any atom is -0.372 e. The largest absolute Gasteiger partial charge is 0.372 e. The van der Waals surface area contributed by atoms with Gasteiger partial charge in [0.1, 0.15) is 5.78 Å². The van der Waals surface area contributed by atoms with Gasteiger partial charge in [0.25, 0.3) is 0 Å². The van der Waals surface area contributed by atoms with Crippen LogP contribution in [0.1, 0.15) is 70.1 Å². The van der Waals surface area contributed by atoms with Crippen molar-refractivity contribution in [1.29, 1.82) is 0 Å². The summed E-state index contributed by atoms with van der Waals surface area (Å²) >= 11 is 0. The molecule has 0 bridgehead atoms. The highest BCUT2D eigenvalue weighted by atomic mass is 32.2. The SMILES string of the molecule is Cc1c(CC(=O)CCCCCS(=O)(=O)C(C)C)ccc(N2C[C@@H](C)O[C@@H](C)C2)c1C. The van der Waals surface area contributed by atoms with Crippen LogP contribution in [0.3, 0.4) is 0 Å². The van der Waals surface area contributed by atoms with Gasteiger partial charge in [0.2, 0.25) is 0 Å². The van der Waals surface area contributed by atoms with Crippen molar-refractivity contribution in [3.63, 3.8) is 0 Å². The summed E-state index contributed by atoms with van der Waals surface area (Å²) in [5.41, 5.74) is 4.76. The van der Waals surface area contributed by atoms with Crippen molar-refractivity contribution in [2.75, 3.05) is 23.7 Å². The van der Waals surface area contributed by atoms with Crippen LogP contribution >= 0.6 is 0 Å². The van der Waals surface area contributed by atoms with Crippen molar-refractivity contribution < 1.29 is 17.9 Å². The molecule has 1 fully saturated rings. The van der Waals surface area contributed by atoms with Crippen LogP contribution in [0.5, 0.6) is 0 Å². The maximum atomic E-state index is 12.5. The first-order chi connectivity index (χ1) is 14.0.